The van der Waals surface area contributed by atoms with Crippen LogP contribution in [-0.2, 0) is 11.3 Å². The first-order valence-electron chi connectivity index (χ1n) is 7.90. The summed E-state index contributed by atoms with van der Waals surface area (Å²) in [5.74, 6) is 2.33. The van der Waals surface area contributed by atoms with Crippen LogP contribution in [0.3, 0.4) is 0 Å². The Kier molecular flexibility index (Phi) is 4.91. The number of hydrogen-bond acceptors (Lipinski definition) is 4. The van der Waals surface area contributed by atoms with E-state index in [0.29, 0.717) is 12.6 Å². The Morgan fingerprint density at radius 3 is 2.74 bits per heavy atom. The summed E-state index contributed by atoms with van der Waals surface area (Å²) < 4.78 is 13.0. The third-order valence-electron chi connectivity index (χ3n) is 4.60. The maximum Gasteiger partial charge on any atom is 0.226 e. The molecule has 122 valence electrons. The SMILES string of the molecule is C#CCN(Cc1ccc(F)cc1)C(=O)C1CCC2NNNC2C1. The third kappa shape index (κ3) is 3.70. The smallest absolute Gasteiger partial charge is 0.226 e. The van der Waals surface area contributed by atoms with Crippen LogP contribution < -0.4 is 16.4 Å². The molecule has 1 aliphatic heterocycles. The highest BCUT2D eigenvalue weighted by molar-refractivity contribution is 5.79. The van der Waals surface area contributed by atoms with Crippen molar-refractivity contribution >= 4 is 5.91 Å². The lowest BCUT2D eigenvalue weighted by Gasteiger charge is -2.33. The van der Waals surface area contributed by atoms with Crippen LogP contribution in [-0.4, -0.2) is 29.4 Å². The highest BCUT2D eigenvalue weighted by Crippen LogP contribution is 2.28. The summed E-state index contributed by atoms with van der Waals surface area (Å²) in [5.41, 5.74) is 10.1. The van der Waals surface area contributed by atoms with E-state index in [-0.39, 0.29) is 30.2 Å². The molecule has 23 heavy (non-hydrogen) atoms. The zero-order chi connectivity index (χ0) is 16.2. The minimum atomic E-state index is -0.283. The van der Waals surface area contributed by atoms with Gasteiger partial charge in [-0.25, -0.2) is 15.2 Å². The number of hydrogen-bond donors (Lipinski definition) is 3. The monoisotopic (exact) mass is 316 g/mol. The summed E-state index contributed by atoms with van der Waals surface area (Å²) in [5, 5.41) is 0. The number of rotatable bonds is 4. The van der Waals surface area contributed by atoms with Crippen LogP contribution in [0.1, 0.15) is 24.8 Å². The van der Waals surface area contributed by atoms with Gasteiger partial charge < -0.3 is 4.90 Å². The summed E-state index contributed by atoms with van der Waals surface area (Å²) >= 11 is 0. The maximum atomic E-state index is 13.0. The van der Waals surface area contributed by atoms with Crippen LogP contribution in [0.25, 0.3) is 0 Å². The van der Waals surface area contributed by atoms with Crippen LogP contribution >= 0.6 is 0 Å². The Morgan fingerprint density at radius 2 is 2.00 bits per heavy atom. The summed E-state index contributed by atoms with van der Waals surface area (Å²) in [4.78, 5) is 14.5. The number of hydrazine groups is 2. The van der Waals surface area contributed by atoms with Crippen molar-refractivity contribution in [2.24, 2.45) is 5.92 Å². The van der Waals surface area contributed by atoms with Gasteiger partial charge in [-0.2, -0.15) is 5.53 Å². The number of terminal acetylenes is 1. The summed E-state index contributed by atoms with van der Waals surface area (Å²) in [6.07, 6.45) is 8.00. The first-order chi connectivity index (χ1) is 11.2. The maximum absolute atomic E-state index is 13.0. The number of nitrogens with zero attached hydrogens (tertiary/aromatic N) is 1. The highest BCUT2D eigenvalue weighted by atomic mass is 19.1. The van der Waals surface area contributed by atoms with E-state index in [4.69, 9.17) is 6.42 Å². The van der Waals surface area contributed by atoms with Gasteiger partial charge in [-0.15, -0.1) is 6.42 Å². The summed E-state index contributed by atoms with van der Waals surface area (Å²) in [6, 6.07) is 6.82. The zero-order valence-electron chi connectivity index (χ0n) is 12.9. The fraction of sp³-hybridized carbons (Fsp3) is 0.471. The van der Waals surface area contributed by atoms with Crippen molar-refractivity contribution < 1.29 is 9.18 Å². The van der Waals surface area contributed by atoms with Crippen LogP contribution in [0.5, 0.6) is 0 Å². The van der Waals surface area contributed by atoms with Crippen molar-refractivity contribution in [2.45, 2.75) is 37.9 Å². The van der Waals surface area contributed by atoms with Crippen molar-refractivity contribution in [1.29, 1.82) is 0 Å². The van der Waals surface area contributed by atoms with Gasteiger partial charge >= 0.3 is 0 Å². The number of amides is 1. The molecule has 1 saturated carbocycles. The van der Waals surface area contributed by atoms with Gasteiger partial charge in [0.1, 0.15) is 5.82 Å². The topological polar surface area (TPSA) is 56.4 Å². The predicted molar refractivity (Wildman–Crippen MR) is 85.0 cm³/mol. The standard InChI is InChI=1S/C17H21FN4O/c1-2-9-22(11-12-3-6-14(18)7-4-12)17(23)13-5-8-15-16(10-13)20-21-19-15/h1,3-4,6-7,13,15-16,19-21H,5,8-11H2. The number of halogens is 1. The number of carbonyl (C=O) groups excluding carboxylic acids is 1. The van der Waals surface area contributed by atoms with Crippen molar-refractivity contribution in [3.8, 4) is 12.3 Å². The minimum absolute atomic E-state index is 0.0285. The van der Waals surface area contributed by atoms with E-state index >= 15 is 0 Å². The van der Waals surface area contributed by atoms with Crippen LogP contribution in [0, 0.1) is 24.1 Å². The largest absolute Gasteiger partial charge is 0.327 e. The minimum Gasteiger partial charge on any atom is -0.327 e. The van der Waals surface area contributed by atoms with Crippen molar-refractivity contribution in [1.82, 2.24) is 21.3 Å². The third-order valence-corrected chi connectivity index (χ3v) is 4.60. The number of carbonyl (C=O) groups is 1. The van der Waals surface area contributed by atoms with E-state index in [2.05, 4.69) is 22.3 Å². The van der Waals surface area contributed by atoms with E-state index in [1.807, 2.05) is 0 Å². The lowest BCUT2D eigenvalue weighted by atomic mass is 9.82. The quantitative estimate of drug-likeness (QED) is 0.724. The molecule has 3 unspecified atom stereocenters. The van der Waals surface area contributed by atoms with E-state index in [9.17, 15) is 9.18 Å². The molecule has 0 aromatic heterocycles. The highest BCUT2D eigenvalue weighted by Gasteiger charge is 2.37. The molecule has 1 aromatic rings. The van der Waals surface area contributed by atoms with Crippen molar-refractivity contribution in [2.75, 3.05) is 6.54 Å². The molecule has 2 aliphatic rings. The summed E-state index contributed by atoms with van der Waals surface area (Å²) in [7, 11) is 0. The van der Waals surface area contributed by atoms with Gasteiger partial charge in [0.15, 0.2) is 0 Å². The number of fused-ring (bicyclic) bond motifs is 1. The van der Waals surface area contributed by atoms with E-state index in [1.165, 1.54) is 12.1 Å². The number of nitrogens with one attached hydrogen (secondary N) is 3. The normalized spacial score (nSPS) is 26.3. The first kappa shape index (κ1) is 15.9. The van der Waals surface area contributed by atoms with Crippen molar-refractivity contribution in [3.63, 3.8) is 0 Å². The Labute approximate surface area is 135 Å². The molecule has 1 aliphatic carbocycles. The molecule has 2 fully saturated rings. The second-order valence-corrected chi connectivity index (χ2v) is 6.16. The predicted octanol–water partition coefficient (Wildman–Crippen LogP) is 0.937. The molecule has 3 N–H and O–H groups in total. The average molecular weight is 316 g/mol. The molecule has 0 bridgehead atoms. The van der Waals surface area contributed by atoms with Gasteiger partial charge in [0, 0.05) is 24.5 Å². The molecule has 1 amide bonds. The van der Waals surface area contributed by atoms with Gasteiger partial charge in [0.2, 0.25) is 5.91 Å². The fourth-order valence-corrected chi connectivity index (χ4v) is 3.34. The molecule has 0 radical (unpaired) electrons. The summed E-state index contributed by atoms with van der Waals surface area (Å²) in [6.45, 7) is 0.683. The van der Waals surface area contributed by atoms with Gasteiger partial charge in [0.05, 0.1) is 6.54 Å². The molecule has 0 spiro atoms. The second-order valence-electron chi connectivity index (χ2n) is 6.16. The van der Waals surface area contributed by atoms with E-state index in [1.54, 1.807) is 17.0 Å². The molecular weight excluding hydrogens is 295 g/mol. The average Bonchev–Trinajstić information content (AvgIpc) is 3.03. The Balaban J connectivity index is 1.66. The molecule has 5 nitrogen and oxygen atoms in total. The zero-order valence-corrected chi connectivity index (χ0v) is 12.9. The van der Waals surface area contributed by atoms with Crippen molar-refractivity contribution in [3.05, 3.63) is 35.6 Å². The number of benzene rings is 1. The van der Waals surface area contributed by atoms with Gasteiger partial charge in [-0.3, -0.25) is 4.79 Å². The molecule has 1 aromatic carbocycles. The molecule has 6 heteroatoms. The Hall–Kier alpha value is -1.94. The molecule has 1 heterocycles. The lowest BCUT2D eigenvalue weighted by Crippen LogP contribution is -2.45. The lowest BCUT2D eigenvalue weighted by molar-refractivity contribution is -0.136. The second kappa shape index (κ2) is 7.09. The molecule has 3 atom stereocenters. The van der Waals surface area contributed by atoms with Gasteiger partial charge in [-0.1, -0.05) is 18.1 Å². The van der Waals surface area contributed by atoms with Gasteiger partial charge in [-0.05, 0) is 37.0 Å². The van der Waals surface area contributed by atoms with Crippen LogP contribution in [0.15, 0.2) is 24.3 Å². The first-order valence-corrected chi connectivity index (χ1v) is 7.90. The van der Waals surface area contributed by atoms with Crippen LogP contribution in [0.2, 0.25) is 0 Å². The Morgan fingerprint density at radius 1 is 1.26 bits per heavy atom. The van der Waals surface area contributed by atoms with E-state index in [0.717, 1.165) is 24.8 Å². The molecule has 1 saturated heterocycles. The Bertz CT molecular complexity index is 598. The van der Waals surface area contributed by atoms with Crippen LogP contribution in [0.4, 0.5) is 4.39 Å². The fourth-order valence-electron chi connectivity index (χ4n) is 3.34. The molecular formula is C17H21FN4O. The molecule has 3 rings (SSSR count). The van der Waals surface area contributed by atoms with E-state index < -0.39 is 0 Å². The van der Waals surface area contributed by atoms with Gasteiger partial charge in [0.25, 0.3) is 0 Å².